The monoisotopic (exact) mass is 301 g/mol. The number of rotatable bonds is 5. The first-order chi connectivity index (χ1) is 10.6. The van der Waals surface area contributed by atoms with Crippen LogP contribution < -0.4 is 16.4 Å². The zero-order chi connectivity index (χ0) is 15.9. The summed E-state index contributed by atoms with van der Waals surface area (Å²) in [5.41, 5.74) is 6.69. The summed E-state index contributed by atoms with van der Waals surface area (Å²) in [6.07, 6.45) is 0. The van der Waals surface area contributed by atoms with E-state index in [-0.39, 0.29) is 18.3 Å². The van der Waals surface area contributed by atoms with Gasteiger partial charge in [-0.2, -0.15) is 0 Å². The molecule has 0 aromatic heterocycles. The number of hydrogen-bond acceptors (Lipinski definition) is 2. The predicted octanol–water partition coefficient (Wildman–Crippen LogP) is 1.92. The fourth-order valence-electron chi connectivity index (χ4n) is 1.88. The fraction of sp³-hybridized carbons (Fsp3) is 0.125. The number of carbonyl (C=O) groups is 2. The minimum Gasteiger partial charge on any atom is -0.352 e. The molecule has 114 valence electrons. The Morgan fingerprint density at radius 2 is 1.64 bits per heavy atom. The van der Waals surface area contributed by atoms with Crippen LogP contribution in [0.3, 0.4) is 0 Å². The van der Waals surface area contributed by atoms with Crippen molar-refractivity contribution in [2.24, 2.45) is 5.73 Å². The van der Waals surface area contributed by atoms with Crippen molar-refractivity contribution in [1.29, 1.82) is 0 Å². The van der Waals surface area contributed by atoms with Gasteiger partial charge in [-0.05, 0) is 23.8 Å². The first-order valence-corrected chi connectivity index (χ1v) is 6.70. The number of nitrogens with one attached hydrogen (secondary N) is 2. The van der Waals surface area contributed by atoms with Gasteiger partial charge in [0.15, 0.2) is 0 Å². The van der Waals surface area contributed by atoms with Crippen LogP contribution in [-0.2, 0) is 13.1 Å². The van der Waals surface area contributed by atoms with Gasteiger partial charge in [0.05, 0.1) is 0 Å². The van der Waals surface area contributed by atoms with Gasteiger partial charge in [0, 0.05) is 24.2 Å². The van der Waals surface area contributed by atoms with E-state index in [1.165, 1.54) is 6.07 Å². The molecular weight excluding hydrogens is 285 g/mol. The van der Waals surface area contributed by atoms with Crippen LogP contribution in [0.15, 0.2) is 48.5 Å². The average molecular weight is 301 g/mol. The Balaban J connectivity index is 1.92. The Labute approximate surface area is 127 Å². The molecule has 0 heterocycles. The van der Waals surface area contributed by atoms with Crippen molar-refractivity contribution in [3.05, 3.63) is 71.0 Å². The summed E-state index contributed by atoms with van der Waals surface area (Å²) in [6.45, 7) is 0.420. The molecule has 0 bridgehead atoms. The summed E-state index contributed by atoms with van der Waals surface area (Å²) < 4.78 is 13.4. The summed E-state index contributed by atoms with van der Waals surface area (Å²) in [5.74, 6) is -0.645. The first kappa shape index (κ1) is 15.5. The third kappa shape index (κ3) is 4.31. The van der Waals surface area contributed by atoms with Gasteiger partial charge in [-0.3, -0.25) is 4.79 Å². The highest BCUT2D eigenvalue weighted by atomic mass is 19.1. The SMILES string of the molecule is NC(=O)NCc1ccc(C(=O)NCc2ccccc2F)cc1. The molecule has 0 atom stereocenters. The molecule has 4 N–H and O–H groups in total. The van der Waals surface area contributed by atoms with Gasteiger partial charge >= 0.3 is 6.03 Å². The highest BCUT2D eigenvalue weighted by Gasteiger charge is 2.07. The van der Waals surface area contributed by atoms with Crippen LogP contribution in [0.4, 0.5) is 9.18 Å². The van der Waals surface area contributed by atoms with Crippen LogP contribution >= 0.6 is 0 Å². The number of halogens is 1. The summed E-state index contributed by atoms with van der Waals surface area (Å²) in [7, 11) is 0. The van der Waals surface area contributed by atoms with Gasteiger partial charge in [-0.15, -0.1) is 0 Å². The number of carbonyl (C=O) groups excluding carboxylic acids is 2. The summed E-state index contributed by atoms with van der Waals surface area (Å²) in [4.78, 5) is 22.6. The average Bonchev–Trinajstić information content (AvgIpc) is 2.52. The van der Waals surface area contributed by atoms with Crippen molar-refractivity contribution in [2.75, 3.05) is 0 Å². The zero-order valence-corrected chi connectivity index (χ0v) is 11.8. The molecule has 0 unspecified atom stereocenters. The molecule has 2 rings (SSSR count). The smallest absolute Gasteiger partial charge is 0.312 e. The van der Waals surface area contributed by atoms with Crippen molar-refractivity contribution in [2.45, 2.75) is 13.1 Å². The second-order valence-electron chi connectivity index (χ2n) is 4.69. The van der Waals surface area contributed by atoms with E-state index in [0.717, 1.165) is 5.56 Å². The molecule has 0 radical (unpaired) electrons. The highest BCUT2D eigenvalue weighted by molar-refractivity contribution is 5.94. The van der Waals surface area contributed by atoms with Crippen LogP contribution in [0.5, 0.6) is 0 Å². The molecule has 0 aliphatic heterocycles. The summed E-state index contributed by atoms with van der Waals surface area (Å²) in [6, 6.07) is 12.4. The third-order valence-electron chi connectivity index (χ3n) is 3.08. The molecule has 5 nitrogen and oxygen atoms in total. The lowest BCUT2D eigenvalue weighted by atomic mass is 10.1. The van der Waals surface area contributed by atoms with Crippen molar-refractivity contribution >= 4 is 11.9 Å². The normalized spacial score (nSPS) is 10.0. The number of nitrogens with two attached hydrogens (primary N) is 1. The van der Waals surface area contributed by atoms with E-state index < -0.39 is 6.03 Å². The second-order valence-corrected chi connectivity index (χ2v) is 4.69. The fourth-order valence-corrected chi connectivity index (χ4v) is 1.88. The Kier molecular flexibility index (Phi) is 5.08. The van der Waals surface area contributed by atoms with E-state index >= 15 is 0 Å². The highest BCUT2D eigenvalue weighted by Crippen LogP contribution is 2.07. The number of amides is 3. The molecule has 0 fully saturated rings. The number of hydrogen-bond donors (Lipinski definition) is 3. The Morgan fingerprint density at radius 1 is 0.955 bits per heavy atom. The van der Waals surface area contributed by atoms with Crippen molar-refractivity contribution in [3.63, 3.8) is 0 Å². The Hall–Kier alpha value is -2.89. The topological polar surface area (TPSA) is 84.2 Å². The van der Waals surface area contributed by atoms with Gasteiger partial charge < -0.3 is 16.4 Å². The minimum atomic E-state index is -0.605. The van der Waals surface area contributed by atoms with Gasteiger partial charge in [0.25, 0.3) is 5.91 Å². The lowest BCUT2D eigenvalue weighted by Crippen LogP contribution is -2.28. The number of primary amides is 1. The standard InChI is InChI=1S/C16H16FN3O2/c17-14-4-2-1-3-13(14)10-19-15(21)12-7-5-11(6-8-12)9-20-16(18)22/h1-8H,9-10H2,(H,19,21)(H3,18,20,22). The molecule has 0 saturated carbocycles. The van der Waals surface area contributed by atoms with E-state index in [1.807, 2.05) is 0 Å². The van der Waals surface area contributed by atoms with Crippen LogP contribution in [0.1, 0.15) is 21.5 Å². The molecule has 6 heteroatoms. The van der Waals surface area contributed by atoms with Crippen molar-refractivity contribution < 1.29 is 14.0 Å². The van der Waals surface area contributed by atoms with Crippen LogP contribution in [0.25, 0.3) is 0 Å². The van der Waals surface area contributed by atoms with Crippen molar-refractivity contribution in [3.8, 4) is 0 Å². The maximum absolute atomic E-state index is 13.4. The largest absolute Gasteiger partial charge is 0.352 e. The van der Waals surface area contributed by atoms with Crippen LogP contribution in [0, 0.1) is 5.82 Å². The van der Waals surface area contributed by atoms with Gasteiger partial charge in [-0.25, -0.2) is 9.18 Å². The van der Waals surface area contributed by atoms with Crippen LogP contribution in [-0.4, -0.2) is 11.9 Å². The third-order valence-corrected chi connectivity index (χ3v) is 3.08. The molecule has 2 aromatic rings. The maximum Gasteiger partial charge on any atom is 0.312 e. The molecule has 2 aromatic carbocycles. The first-order valence-electron chi connectivity index (χ1n) is 6.70. The predicted molar refractivity (Wildman–Crippen MR) is 80.4 cm³/mol. The van der Waals surface area contributed by atoms with Gasteiger partial charge in [0.2, 0.25) is 0 Å². The summed E-state index contributed by atoms with van der Waals surface area (Å²) >= 11 is 0. The molecule has 0 saturated heterocycles. The van der Waals surface area contributed by atoms with E-state index in [9.17, 15) is 14.0 Å². The van der Waals surface area contributed by atoms with Gasteiger partial charge in [0.1, 0.15) is 5.82 Å². The number of benzene rings is 2. The molecule has 0 aliphatic rings. The molecular formula is C16H16FN3O2. The van der Waals surface area contributed by atoms with E-state index in [1.54, 1.807) is 42.5 Å². The molecule has 22 heavy (non-hydrogen) atoms. The Bertz CT molecular complexity index is 671. The van der Waals surface area contributed by atoms with E-state index in [2.05, 4.69) is 10.6 Å². The van der Waals surface area contributed by atoms with Gasteiger partial charge in [-0.1, -0.05) is 30.3 Å². The minimum absolute atomic E-state index is 0.122. The molecule has 3 amide bonds. The van der Waals surface area contributed by atoms with E-state index in [0.29, 0.717) is 17.7 Å². The lowest BCUT2D eigenvalue weighted by molar-refractivity contribution is 0.0950. The quantitative estimate of drug-likeness (QED) is 0.788. The van der Waals surface area contributed by atoms with Crippen molar-refractivity contribution in [1.82, 2.24) is 10.6 Å². The Morgan fingerprint density at radius 3 is 2.27 bits per heavy atom. The summed E-state index contributed by atoms with van der Waals surface area (Å²) in [5, 5.41) is 5.12. The van der Waals surface area contributed by atoms with Crippen LogP contribution in [0.2, 0.25) is 0 Å². The molecule has 0 aliphatic carbocycles. The maximum atomic E-state index is 13.4. The molecule has 0 spiro atoms. The lowest BCUT2D eigenvalue weighted by Gasteiger charge is -2.07. The zero-order valence-electron chi connectivity index (χ0n) is 11.8. The van der Waals surface area contributed by atoms with E-state index in [4.69, 9.17) is 5.73 Å². The number of urea groups is 1. The second kappa shape index (κ2) is 7.21.